The number of hydrogen-bond acceptors (Lipinski definition) is 2. The van der Waals surface area contributed by atoms with Crippen LogP contribution in [0.15, 0.2) is 24.3 Å². The minimum Gasteiger partial charge on any atom is -0.465 e. The largest absolute Gasteiger partial charge is 0.465 e. The highest BCUT2D eigenvalue weighted by Crippen LogP contribution is 2.20. The third-order valence-corrected chi connectivity index (χ3v) is 7.18. The normalized spacial score (nSPS) is 11.3. The Balaban J connectivity index is 2.96. The Morgan fingerprint density at radius 2 is 1.53 bits per heavy atom. The van der Waals surface area contributed by atoms with Gasteiger partial charge in [-0.15, -0.1) is 0 Å². The summed E-state index contributed by atoms with van der Waals surface area (Å²) in [6.45, 7) is 9.19. The maximum Gasteiger partial charge on any atom is 0.337 e. The van der Waals surface area contributed by atoms with Gasteiger partial charge < -0.3 is 4.74 Å². The Hall–Kier alpha value is -1.09. The molecule has 0 spiro atoms. The van der Waals surface area contributed by atoms with E-state index in [1.54, 1.807) is 0 Å². The minimum atomic E-state index is -0.952. The van der Waals surface area contributed by atoms with Crippen LogP contribution in [0.25, 0.3) is 0 Å². The van der Waals surface area contributed by atoms with Crippen molar-refractivity contribution in [1.82, 2.24) is 0 Å². The minimum absolute atomic E-state index is 0.260. The zero-order chi connectivity index (χ0) is 13.0. The average Bonchev–Trinajstić information content (AvgIpc) is 2.28. The third kappa shape index (κ3) is 3.43. The van der Waals surface area contributed by atoms with Gasteiger partial charge in [0, 0.05) is 0 Å². The number of carbonyl (C=O) groups excluding carboxylic acids is 1. The van der Waals surface area contributed by atoms with Crippen LogP contribution in [0.2, 0.25) is 11.1 Å². The first kappa shape index (κ1) is 14.0. The fourth-order valence-electron chi connectivity index (χ4n) is 2.50. The number of esters is 1. The number of benzene rings is 1. The molecule has 0 N–H and O–H groups in total. The van der Waals surface area contributed by atoms with Gasteiger partial charge in [-0.25, -0.2) is 4.79 Å². The highest BCUT2D eigenvalue weighted by atomic mass is 28.3. The summed E-state index contributed by atoms with van der Waals surface area (Å²) in [5.74, 6) is -0.260. The summed E-state index contributed by atoms with van der Waals surface area (Å²) in [5, 5.41) is 1.43. The molecule has 2 nitrogen and oxygen atoms in total. The molecule has 0 radical (unpaired) electrons. The molecule has 17 heavy (non-hydrogen) atoms. The average molecular weight is 250 g/mol. The van der Waals surface area contributed by atoms with Gasteiger partial charge in [0.1, 0.15) is 0 Å². The predicted molar refractivity (Wildman–Crippen MR) is 74.8 cm³/mol. The van der Waals surface area contributed by atoms with Crippen LogP contribution in [0.1, 0.15) is 38.1 Å². The van der Waals surface area contributed by atoms with E-state index in [1.165, 1.54) is 12.3 Å². The maximum absolute atomic E-state index is 11.4. The van der Waals surface area contributed by atoms with Crippen LogP contribution in [0.5, 0.6) is 0 Å². The zero-order valence-corrected chi connectivity index (χ0v) is 12.5. The molecule has 1 rings (SSSR count). The first-order valence-electron chi connectivity index (χ1n) is 6.15. The monoisotopic (exact) mass is 250 g/mol. The Morgan fingerprint density at radius 3 is 1.88 bits per heavy atom. The lowest BCUT2D eigenvalue weighted by molar-refractivity contribution is 0.0601. The molecule has 0 saturated heterocycles. The second-order valence-corrected chi connectivity index (χ2v) is 9.51. The van der Waals surface area contributed by atoms with Crippen LogP contribution in [0.4, 0.5) is 0 Å². The summed E-state index contributed by atoms with van der Waals surface area (Å²) < 4.78 is 4.70. The molecule has 0 atom stereocenters. The van der Waals surface area contributed by atoms with E-state index in [-0.39, 0.29) is 5.97 Å². The van der Waals surface area contributed by atoms with E-state index in [9.17, 15) is 4.79 Å². The molecule has 1 aromatic carbocycles. The summed E-state index contributed by atoms with van der Waals surface area (Å²) in [5.41, 5.74) is 2.11. The van der Waals surface area contributed by atoms with Crippen molar-refractivity contribution in [2.75, 3.05) is 7.11 Å². The first-order chi connectivity index (χ1) is 7.97. The van der Waals surface area contributed by atoms with Gasteiger partial charge in [-0.3, -0.25) is 0 Å². The molecular weight excluding hydrogens is 228 g/mol. The number of ether oxygens (including phenoxy) is 1. The summed E-state index contributed by atoms with van der Waals surface area (Å²) >= 11 is 0. The molecule has 0 bridgehead atoms. The van der Waals surface area contributed by atoms with E-state index in [0.717, 1.165) is 11.1 Å². The predicted octanol–water partition coefficient (Wildman–Crippen LogP) is 2.73. The number of hydrogen-bond donors (Lipinski definition) is 0. The van der Waals surface area contributed by atoms with Crippen molar-refractivity contribution in [3.63, 3.8) is 0 Å². The Kier molecular flexibility index (Phi) is 4.94. The van der Waals surface area contributed by atoms with Gasteiger partial charge >= 0.3 is 5.97 Å². The Morgan fingerprint density at radius 1 is 1.06 bits per heavy atom. The van der Waals surface area contributed by atoms with Gasteiger partial charge in [-0.2, -0.15) is 0 Å². The summed E-state index contributed by atoms with van der Waals surface area (Å²) in [4.78, 5) is 11.4. The van der Waals surface area contributed by atoms with Crippen LogP contribution in [0.3, 0.4) is 0 Å². The van der Waals surface area contributed by atoms with Crippen LogP contribution in [0, 0.1) is 0 Å². The molecular formula is C14H22O2Si. The van der Waals surface area contributed by atoms with E-state index < -0.39 is 8.80 Å². The van der Waals surface area contributed by atoms with Gasteiger partial charge in [-0.1, -0.05) is 45.0 Å². The number of methoxy groups -OCH3 is 1. The lowest BCUT2D eigenvalue weighted by atomic mass is 10.2. The van der Waals surface area contributed by atoms with Crippen molar-refractivity contribution >= 4 is 20.0 Å². The lowest BCUT2D eigenvalue weighted by Gasteiger charge is -2.23. The molecule has 0 amide bonds. The van der Waals surface area contributed by atoms with Crippen molar-refractivity contribution < 1.29 is 9.53 Å². The summed E-state index contributed by atoms with van der Waals surface area (Å²) in [6, 6.07) is 7.96. The van der Waals surface area contributed by atoms with Crippen LogP contribution in [-0.4, -0.2) is 21.9 Å². The highest BCUT2D eigenvalue weighted by molar-refractivity contribution is 6.75. The first-order valence-corrected chi connectivity index (χ1v) is 8.06. The molecule has 0 aromatic heterocycles. The van der Waals surface area contributed by atoms with Crippen molar-refractivity contribution in [2.45, 2.75) is 38.8 Å². The second kappa shape index (κ2) is 6.01. The second-order valence-electron chi connectivity index (χ2n) is 5.13. The molecule has 94 valence electrons. The van der Waals surface area contributed by atoms with E-state index in [1.807, 2.05) is 12.1 Å². The Labute approximate surface area is 106 Å². The quantitative estimate of drug-likeness (QED) is 0.607. The van der Waals surface area contributed by atoms with Crippen molar-refractivity contribution in [3.8, 4) is 0 Å². The summed E-state index contributed by atoms with van der Waals surface area (Å²) in [6.07, 6.45) is 0. The van der Waals surface area contributed by atoms with E-state index in [0.29, 0.717) is 5.56 Å². The highest BCUT2D eigenvalue weighted by Gasteiger charge is 2.21. The molecule has 3 heteroatoms. The van der Waals surface area contributed by atoms with Gasteiger partial charge in [0.25, 0.3) is 0 Å². The molecule has 0 unspecified atom stereocenters. The molecule has 0 aliphatic heterocycles. The van der Waals surface area contributed by atoms with Gasteiger partial charge in [-0.05, 0) is 23.2 Å². The maximum atomic E-state index is 11.4. The molecule has 0 aliphatic carbocycles. The molecule has 1 aromatic rings. The lowest BCUT2D eigenvalue weighted by Crippen LogP contribution is -2.35. The number of carbonyl (C=O) groups is 1. The fraction of sp³-hybridized carbons (Fsp3) is 0.500. The van der Waals surface area contributed by atoms with Crippen molar-refractivity contribution in [3.05, 3.63) is 29.8 Å². The van der Waals surface area contributed by atoms with E-state index in [2.05, 4.69) is 39.8 Å². The smallest absolute Gasteiger partial charge is 0.337 e. The van der Waals surface area contributed by atoms with Crippen LogP contribution >= 0.6 is 0 Å². The molecule has 0 aliphatic rings. The standard InChI is InChI=1S/C14H22O2Si/c1-10(2)17(11(3)4)13-8-6-12(7-9-13)14(15)16-5/h6-11,17H,1-5H3. The van der Waals surface area contributed by atoms with Gasteiger partial charge in [0.05, 0.1) is 21.5 Å². The van der Waals surface area contributed by atoms with Gasteiger partial charge in [0.2, 0.25) is 0 Å². The fourth-order valence-corrected chi connectivity index (χ4v) is 6.21. The van der Waals surface area contributed by atoms with Crippen molar-refractivity contribution in [2.24, 2.45) is 0 Å². The summed E-state index contributed by atoms with van der Waals surface area (Å²) in [7, 11) is 0.461. The zero-order valence-electron chi connectivity index (χ0n) is 11.4. The number of rotatable bonds is 4. The van der Waals surface area contributed by atoms with Crippen molar-refractivity contribution in [1.29, 1.82) is 0 Å². The van der Waals surface area contributed by atoms with Crippen LogP contribution in [-0.2, 0) is 4.74 Å². The SMILES string of the molecule is COC(=O)c1ccc([SiH](C(C)C)C(C)C)cc1. The van der Waals surface area contributed by atoms with Crippen LogP contribution < -0.4 is 5.19 Å². The Bertz CT molecular complexity index is 360. The molecule has 0 saturated carbocycles. The molecule has 0 fully saturated rings. The topological polar surface area (TPSA) is 26.3 Å². The van der Waals surface area contributed by atoms with Gasteiger partial charge in [0.15, 0.2) is 0 Å². The molecule has 0 heterocycles. The van der Waals surface area contributed by atoms with E-state index >= 15 is 0 Å². The van der Waals surface area contributed by atoms with E-state index in [4.69, 9.17) is 4.74 Å². The third-order valence-electron chi connectivity index (χ3n) is 3.15.